The summed E-state index contributed by atoms with van der Waals surface area (Å²) in [4.78, 5) is 24.6. The molecule has 0 unspecified atom stereocenters. The number of esters is 1. The van der Waals surface area contributed by atoms with Crippen molar-refractivity contribution in [2.24, 2.45) is 0 Å². The fraction of sp³-hybridized carbons (Fsp3) is 0.143. The van der Waals surface area contributed by atoms with Crippen molar-refractivity contribution in [1.82, 2.24) is 0 Å². The molecule has 3 aromatic carbocycles. The summed E-state index contributed by atoms with van der Waals surface area (Å²) in [5.74, 6) is -1.93. The first-order valence-electron chi connectivity index (χ1n) is 8.32. The number of hydrogen-bond donors (Lipinski definition) is 1. The molecule has 0 fully saturated rings. The Bertz CT molecular complexity index is 997. The fourth-order valence-electron chi connectivity index (χ4n) is 2.64. The number of ether oxygens (including phenoxy) is 2. The second kappa shape index (κ2) is 7.86. The summed E-state index contributed by atoms with van der Waals surface area (Å²) in [5, 5.41) is 4.62. The van der Waals surface area contributed by atoms with Crippen molar-refractivity contribution in [2.75, 3.05) is 12.4 Å². The van der Waals surface area contributed by atoms with Crippen LogP contribution in [-0.4, -0.2) is 25.1 Å². The van der Waals surface area contributed by atoms with Gasteiger partial charge in [-0.3, -0.25) is 4.79 Å². The summed E-state index contributed by atoms with van der Waals surface area (Å²) < 4.78 is 23.7. The third-order valence-corrected chi connectivity index (χ3v) is 4.09. The lowest BCUT2D eigenvalue weighted by Gasteiger charge is -2.15. The van der Waals surface area contributed by atoms with E-state index in [1.807, 2.05) is 36.4 Å². The molecule has 3 rings (SSSR count). The lowest BCUT2D eigenvalue weighted by Crippen LogP contribution is -2.30. The number of nitrogens with one attached hydrogen (secondary N) is 1. The maximum atomic E-state index is 13.7. The highest BCUT2D eigenvalue weighted by Gasteiger charge is 2.20. The first kappa shape index (κ1) is 18.4. The van der Waals surface area contributed by atoms with Gasteiger partial charge >= 0.3 is 5.97 Å². The van der Waals surface area contributed by atoms with Gasteiger partial charge in [-0.1, -0.05) is 36.4 Å². The second-order valence-electron chi connectivity index (χ2n) is 5.91. The van der Waals surface area contributed by atoms with Gasteiger partial charge in [0.2, 0.25) is 0 Å². The third-order valence-electron chi connectivity index (χ3n) is 4.09. The molecule has 1 atom stereocenters. The van der Waals surface area contributed by atoms with Crippen molar-refractivity contribution in [3.8, 4) is 5.75 Å². The molecule has 6 heteroatoms. The molecule has 1 N–H and O–H groups in total. The van der Waals surface area contributed by atoms with Gasteiger partial charge in [0.05, 0.1) is 12.7 Å². The quantitative estimate of drug-likeness (QED) is 0.688. The molecule has 0 saturated heterocycles. The molecule has 1 amide bonds. The molecule has 0 aliphatic heterocycles. The summed E-state index contributed by atoms with van der Waals surface area (Å²) in [5.41, 5.74) is 0.620. The van der Waals surface area contributed by atoms with Crippen LogP contribution in [0.15, 0.2) is 60.7 Å². The van der Waals surface area contributed by atoms with Crippen LogP contribution in [0.25, 0.3) is 10.8 Å². The Morgan fingerprint density at radius 1 is 1.04 bits per heavy atom. The van der Waals surface area contributed by atoms with Crippen LogP contribution in [0, 0.1) is 5.82 Å². The first-order chi connectivity index (χ1) is 13.0. The molecular weight excluding hydrogens is 349 g/mol. The van der Waals surface area contributed by atoms with Gasteiger partial charge < -0.3 is 14.8 Å². The average molecular weight is 367 g/mol. The van der Waals surface area contributed by atoms with Gasteiger partial charge in [0, 0.05) is 11.1 Å². The van der Waals surface area contributed by atoms with E-state index < -0.39 is 23.8 Å². The van der Waals surface area contributed by atoms with E-state index in [1.54, 1.807) is 6.07 Å². The predicted octanol–water partition coefficient (Wildman–Crippen LogP) is 4.17. The molecule has 138 valence electrons. The Labute approximate surface area is 155 Å². The SMILES string of the molecule is COc1ccc(C(=O)O[C@H](C)C(=O)Nc2cccc3ccccc23)cc1F. The molecular formula is C21H18FNO4. The highest BCUT2D eigenvalue weighted by atomic mass is 19.1. The van der Waals surface area contributed by atoms with Crippen molar-refractivity contribution in [1.29, 1.82) is 0 Å². The minimum absolute atomic E-state index is 0.00175. The number of amides is 1. The Kier molecular flexibility index (Phi) is 5.35. The zero-order valence-corrected chi connectivity index (χ0v) is 14.9. The molecule has 0 radical (unpaired) electrons. The van der Waals surface area contributed by atoms with Gasteiger partial charge in [0.15, 0.2) is 17.7 Å². The van der Waals surface area contributed by atoms with E-state index in [0.29, 0.717) is 5.69 Å². The van der Waals surface area contributed by atoms with Crippen LogP contribution in [0.1, 0.15) is 17.3 Å². The molecule has 0 saturated carbocycles. The Hall–Kier alpha value is -3.41. The lowest BCUT2D eigenvalue weighted by molar-refractivity contribution is -0.123. The van der Waals surface area contributed by atoms with Crippen LogP contribution in [-0.2, 0) is 9.53 Å². The van der Waals surface area contributed by atoms with Gasteiger partial charge in [-0.15, -0.1) is 0 Å². The van der Waals surface area contributed by atoms with Gasteiger partial charge in [-0.05, 0) is 36.6 Å². The smallest absolute Gasteiger partial charge is 0.339 e. The van der Waals surface area contributed by atoms with Crippen molar-refractivity contribution in [3.63, 3.8) is 0 Å². The Morgan fingerprint density at radius 3 is 2.52 bits per heavy atom. The normalized spacial score (nSPS) is 11.7. The predicted molar refractivity (Wildman–Crippen MR) is 100 cm³/mol. The molecule has 0 spiro atoms. The molecule has 0 aliphatic carbocycles. The number of rotatable bonds is 5. The van der Waals surface area contributed by atoms with Crippen LogP contribution in [0.5, 0.6) is 5.75 Å². The van der Waals surface area contributed by atoms with E-state index in [-0.39, 0.29) is 11.3 Å². The number of fused-ring (bicyclic) bond motifs is 1. The summed E-state index contributed by atoms with van der Waals surface area (Å²) >= 11 is 0. The lowest BCUT2D eigenvalue weighted by atomic mass is 10.1. The highest BCUT2D eigenvalue weighted by molar-refractivity contribution is 6.04. The molecule has 0 bridgehead atoms. The summed E-state index contributed by atoms with van der Waals surface area (Å²) in [6.07, 6.45) is -1.05. The van der Waals surface area contributed by atoms with E-state index in [2.05, 4.69) is 5.32 Å². The van der Waals surface area contributed by atoms with E-state index in [9.17, 15) is 14.0 Å². The number of carbonyl (C=O) groups is 2. The zero-order chi connectivity index (χ0) is 19.4. The van der Waals surface area contributed by atoms with Crippen LogP contribution >= 0.6 is 0 Å². The first-order valence-corrected chi connectivity index (χ1v) is 8.32. The summed E-state index contributed by atoms with van der Waals surface area (Å²) in [6.45, 7) is 1.46. The van der Waals surface area contributed by atoms with Crippen molar-refractivity contribution >= 4 is 28.3 Å². The molecule has 3 aromatic rings. The van der Waals surface area contributed by atoms with Gasteiger partial charge in [0.1, 0.15) is 0 Å². The number of carbonyl (C=O) groups excluding carboxylic acids is 2. The number of methoxy groups -OCH3 is 1. The summed E-state index contributed by atoms with van der Waals surface area (Å²) in [6, 6.07) is 16.9. The molecule has 0 aliphatic rings. The maximum Gasteiger partial charge on any atom is 0.339 e. The van der Waals surface area contributed by atoms with Crippen molar-refractivity contribution < 1.29 is 23.5 Å². The topological polar surface area (TPSA) is 64.6 Å². The number of hydrogen-bond acceptors (Lipinski definition) is 4. The van der Waals surface area contributed by atoms with E-state index in [4.69, 9.17) is 9.47 Å². The molecule has 0 heterocycles. The monoisotopic (exact) mass is 367 g/mol. The standard InChI is InChI=1S/C21H18FNO4/c1-13(27-21(25)15-10-11-19(26-2)17(22)12-15)20(24)23-18-9-5-7-14-6-3-4-8-16(14)18/h3-13H,1-2H3,(H,23,24)/t13-/m1/s1. The highest BCUT2D eigenvalue weighted by Crippen LogP contribution is 2.23. The Balaban J connectivity index is 1.70. The van der Waals surface area contributed by atoms with Gasteiger partial charge in [-0.2, -0.15) is 0 Å². The van der Waals surface area contributed by atoms with Crippen LogP contribution in [0.4, 0.5) is 10.1 Å². The fourth-order valence-corrected chi connectivity index (χ4v) is 2.64. The number of anilines is 1. The van der Waals surface area contributed by atoms with Gasteiger partial charge in [0.25, 0.3) is 5.91 Å². The third kappa shape index (κ3) is 4.06. The number of halogens is 1. The minimum Gasteiger partial charge on any atom is -0.494 e. The van der Waals surface area contributed by atoms with Crippen LogP contribution < -0.4 is 10.1 Å². The molecule has 0 aromatic heterocycles. The molecule has 27 heavy (non-hydrogen) atoms. The summed E-state index contributed by atoms with van der Waals surface area (Å²) in [7, 11) is 1.33. The van der Waals surface area contributed by atoms with Crippen molar-refractivity contribution in [2.45, 2.75) is 13.0 Å². The van der Waals surface area contributed by atoms with Crippen LogP contribution in [0.2, 0.25) is 0 Å². The average Bonchev–Trinajstić information content (AvgIpc) is 2.68. The van der Waals surface area contributed by atoms with E-state index in [1.165, 1.54) is 26.2 Å². The van der Waals surface area contributed by atoms with E-state index in [0.717, 1.165) is 16.8 Å². The van der Waals surface area contributed by atoms with Crippen LogP contribution in [0.3, 0.4) is 0 Å². The Morgan fingerprint density at radius 2 is 1.78 bits per heavy atom. The largest absolute Gasteiger partial charge is 0.494 e. The van der Waals surface area contributed by atoms with Gasteiger partial charge in [-0.25, -0.2) is 9.18 Å². The minimum atomic E-state index is -1.05. The number of benzene rings is 3. The second-order valence-corrected chi connectivity index (χ2v) is 5.91. The molecule has 5 nitrogen and oxygen atoms in total. The zero-order valence-electron chi connectivity index (χ0n) is 14.9. The van der Waals surface area contributed by atoms with Crippen molar-refractivity contribution in [3.05, 3.63) is 72.0 Å². The maximum absolute atomic E-state index is 13.7. The van der Waals surface area contributed by atoms with E-state index >= 15 is 0 Å².